The summed E-state index contributed by atoms with van der Waals surface area (Å²) >= 11 is 0. The molecule has 1 aromatic carbocycles. The lowest BCUT2D eigenvalue weighted by atomic mass is 10.2. The lowest BCUT2D eigenvalue weighted by Gasteiger charge is -2.02. The Hall–Kier alpha value is -2.56. The number of aromatic nitrogens is 3. The van der Waals surface area contributed by atoms with E-state index in [1.807, 2.05) is 18.2 Å². The number of rotatable bonds is 1. The van der Waals surface area contributed by atoms with Gasteiger partial charge in [-0.25, -0.2) is 4.98 Å². The molecular formula is C13H11N3O2. The van der Waals surface area contributed by atoms with Crippen LogP contribution < -0.4 is 0 Å². The second-order valence-corrected chi connectivity index (χ2v) is 4.01. The molecule has 0 spiro atoms. The number of hydrogen-bond acceptors (Lipinski definition) is 4. The maximum absolute atomic E-state index is 9.84. The summed E-state index contributed by atoms with van der Waals surface area (Å²) in [6.45, 7) is 0. The number of benzene rings is 1. The summed E-state index contributed by atoms with van der Waals surface area (Å²) in [5.74, 6) is 0.725. The van der Waals surface area contributed by atoms with Gasteiger partial charge < -0.3 is 14.8 Å². The molecular weight excluding hydrogens is 230 g/mol. The van der Waals surface area contributed by atoms with Crippen molar-refractivity contribution >= 4 is 11.0 Å². The first-order valence-corrected chi connectivity index (χ1v) is 5.47. The molecule has 0 radical (unpaired) electrons. The zero-order valence-electron chi connectivity index (χ0n) is 9.70. The van der Waals surface area contributed by atoms with Crippen molar-refractivity contribution in [2.24, 2.45) is 7.05 Å². The van der Waals surface area contributed by atoms with E-state index in [0.717, 1.165) is 0 Å². The molecule has 2 aromatic heterocycles. The summed E-state index contributed by atoms with van der Waals surface area (Å²) in [7, 11) is 1.78. The van der Waals surface area contributed by atoms with Crippen LogP contribution in [0.1, 0.15) is 0 Å². The maximum atomic E-state index is 9.84. The Morgan fingerprint density at radius 1 is 1.06 bits per heavy atom. The molecule has 0 aliphatic rings. The smallest absolute Gasteiger partial charge is 0.159 e. The van der Waals surface area contributed by atoms with Crippen molar-refractivity contribution < 1.29 is 10.2 Å². The van der Waals surface area contributed by atoms with Gasteiger partial charge in [0.1, 0.15) is 28.2 Å². The van der Waals surface area contributed by atoms with Crippen molar-refractivity contribution in [1.82, 2.24) is 14.5 Å². The topological polar surface area (TPSA) is 71.2 Å². The molecule has 18 heavy (non-hydrogen) atoms. The molecule has 2 heterocycles. The van der Waals surface area contributed by atoms with Gasteiger partial charge in [-0.15, -0.1) is 0 Å². The van der Waals surface area contributed by atoms with Gasteiger partial charge in [-0.2, -0.15) is 0 Å². The van der Waals surface area contributed by atoms with Gasteiger partial charge >= 0.3 is 0 Å². The summed E-state index contributed by atoms with van der Waals surface area (Å²) in [6, 6.07) is 8.38. The molecule has 3 rings (SSSR count). The Kier molecular flexibility index (Phi) is 2.19. The molecule has 3 aromatic rings. The standard InChI is InChI=1S/C13H11N3O2/c1-16-12-10(18)6-5-9(17)11(12)15-13(16)8-4-2-3-7-14-8/h2-7,17-18H,1H3. The van der Waals surface area contributed by atoms with Crippen molar-refractivity contribution in [2.75, 3.05) is 0 Å². The first-order chi connectivity index (χ1) is 8.68. The van der Waals surface area contributed by atoms with Gasteiger partial charge in [-0.05, 0) is 24.3 Å². The van der Waals surface area contributed by atoms with Crippen molar-refractivity contribution in [2.45, 2.75) is 0 Å². The monoisotopic (exact) mass is 241 g/mol. The highest BCUT2D eigenvalue weighted by Gasteiger charge is 2.16. The zero-order valence-corrected chi connectivity index (χ0v) is 9.70. The molecule has 0 aliphatic heterocycles. The molecule has 2 N–H and O–H groups in total. The van der Waals surface area contributed by atoms with Gasteiger partial charge in [0.2, 0.25) is 0 Å². The Labute approximate surface area is 103 Å². The Morgan fingerprint density at radius 2 is 1.83 bits per heavy atom. The van der Waals surface area contributed by atoms with Gasteiger partial charge in [0.25, 0.3) is 0 Å². The number of hydrogen-bond donors (Lipinski definition) is 2. The van der Waals surface area contributed by atoms with Gasteiger partial charge in [-0.3, -0.25) is 4.98 Å². The summed E-state index contributed by atoms with van der Waals surface area (Å²) in [5, 5.41) is 19.6. The normalized spacial score (nSPS) is 10.9. The Bertz CT molecular complexity index is 720. The van der Waals surface area contributed by atoms with E-state index >= 15 is 0 Å². The largest absolute Gasteiger partial charge is 0.506 e. The SMILES string of the molecule is Cn1c(-c2ccccn2)nc2c(O)ccc(O)c21. The molecule has 0 saturated heterocycles. The van der Waals surface area contributed by atoms with Crippen LogP contribution in [-0.4, -0.2) is 24.7 Å². The van der Waals surface area contributed by atoms with E-state index in [2.05, 4.69) is 9.97 Å². The van der Waals surface area contributed by atoms with Crippen LogP contribution in [0.4, 0.5) is 0 Å². The number of aryl methyl sites for hydroxylation is 1. The number of phenols is 2. The van der Waals surface area contributed by atoms with Gasteiger partial charge in [0.05, 0.1) is 0 Å². The third kappa shape index (κ3) is 1.41. The molecule has 90 valence electrons. The van der Waals surface area contributed by atoms with E-state index in [0.29, 0.717) is 22.6 Å². The predicted molar refractivity (Wildman–Crippen MR) is 67.3 cm³/mol. The minimum Gasteiger partial charge on any atom is -0.506 e. The first-order valence-electron chi connectivity index (χ1n) is 5.47. The number of aromatic hydroxyl groups is 2. The molecule has 0 atom stereocenters. The highest BCUT2D eigenvalue weighted by Crippen LogP contribution is 2.33. The van der Waals surface area contributed by atoms with Crippen LogP contribution >= 0.6 is 0 Å². The molecule has 5 heteroatoms. The van der Waals surface area contributed by atoms with Crippen molar-refractivity contribution in [1.29, 1.82) is 0 Å². The van der Waals surface area contributed by atoms with E-state index in [-0.39, 0.29) is 11.5 Å². The highest BCUT2D eigenvalue weighted by atomic mass is 16.3. The van der Waals surface area contributed by atoms with Crippen LogP contribution in [-0.2, 0) is 7.05 Å². The fourth-order valence-electron chi connectivity index (χ4n) is 2.01. The van der Waals surface area contributed by atoms with Crippen LogP contribution in [0.25, 0.3) is 22.6 Å². The van der Waals surface area contributed by atoms with E-state index in [9.17, 15) is 10.2 Å². The van der Waals surface area contributed by atoms with Gasteiger partial charge in [0.15, 0.2) is 5.82 Å². The molecule has 0 bridgehead atoms. The van der Waals surface area contributed by atoms with Crippen molar-refractivity contribution in [3.05, 3.63) is 36.5 Å². The number of phenolic OH excluding ortho intramolecular Hbond substituents is 2. The van der Waals surface area contributed by atoms with E-state index in [1.54, 1.807) is 17.8 Å². The fraction of sp³-hybridized carbons (Fsp3) is 0.0769. The minimum absolute atomic E-state index is 0.0422. The fourth-order valence-corrected chi connectivity index (χ4v) is 2.01. The highest BCUT2D eigenvalue weighted by molar-refractivity contribution is 5.89. The Morgan fingerprint density at radius 3 is 2.50 bits per heavy atom. The summed E-state index contributed by atoms with van der Waals surface area (Å²) in [5.41, 5.74) is 1.56. The van der Waals surface area contributed by atoms with Crippen LogP contribution in [0.3, 0.4) is 0 Å². The van der Waals surface area contributed by atoms with Crippen molar-refractivity contribution in [3.8, 4) is 23.0 Å². The average Bonchev–Trinajstić information content (AvgIpc) is 2.74. The second-order valence-electron chi connectivity index (χ2n) is 4.01. The predicted octanol–water partition coefficient (Wildman–Crippen LogP) is 2.05. The number of pyridine rings is 1. The minimum atomic E-state index is 0.0422. The summed E-state index contributed by atoms with van der Waals surface area (Å²) in [6.07, 6.45) is 1.67. The van der Waals surface area contributed by atoms with Crippen LogP contribution in [0, 0.1) is 0 Å². The zero-order chi connectivity index (χ0) is 12.7. The maximum Gasteiger partial charge on any atom is 0.159 e. The molecule has 5 nitrogen and oxygen atoms in total. The first kappa shape index (κ1) is 10.6. The quantitative estimate of drug-likeness (QED) is 0.639. The molecule has 0 unspecified atom stereocenters. The number of nitrogens with zero attached hydrogens (tertiary/aromatic N) is 3. The number of fused-ring (bicyclic) bond motifs is 1. The summed E-state index contributed by atoms with van der Waals surface area (Å²) < 4.78 is 1.72. The molecule has 0 saturated carbocycles. The van der Waals surface area contributed by atoms with Crippen LogP contribution in [0.15, 0.2) is 36.5 Å². The molecule has 0 aliphatic carbocycles. The van der Waals surface area contributed by atoms with Crippen molar-refractivity contribution in [3.63, 3.8) is 0 Å². The Balaban J connectivity index is 2.37. The van der Waals surface area contributed by atoms with Crippen LogP contribution in [0.5, 0.6) is 11.5 Å². The van der Waals surface area contributed by atoms with E-state index in [4.69, 9.17) is 0 Å². The van der Waals surface area contributed by atoms with Crippen LogP contribution in [0.2, 0.25) is 0 Å². The van der Waals surface area contributed by atoms with E-state index < -0.39 is 0 Å². The molecule has 0 amide bonds. The third-order valence-corrected chi connectivity index (χ3v) is 2.87. The summed E-state index contributed by atoms with van der Waals surface area (Å²) in [4.78, 5) is 8.55. The average molecular weight is 241 g/mol. The second kappa shape index (κ2) is 3.73. The lowest BCUT2D eigenvalue weighted by molar-refractivity contribution is 0.467. The molecule has 0 fully saturated rings. The van der Waals surface area contributed by atoms with Gasteiger partial charge in [-0.1, -0.05) is 6.07 Å². The lowest BCUT2D eigenvalue weighted by Crippen LogP contribution is -1.94. The van der Waals surface area contributed by atoms with Gasteiger partial charge in [0, 0.05) is 13.2 Å². The number of imidazole rings is 1. The van der Waals surface area contributed by atoms with E-state index in [1.165, 1.54) is 12.1 Å². The third-order valence-electron chi connectivity index (χ3n) is 2.87.